The fourth-order valence-electron chi connectivity index (χ4n) is 3.44. The normalized spacial score (nSPS) is 16.6. The van der Waals surface area contributed by atoms with Gasteiger partial charge in [-0.2, -0.15) is 13.2 Å². The lowest BCUT2D eigenvalue weighted by molar-refractivity contribution is -0.141. The van der Waals surface area contributed by atoms with Crippen molar-refractivity contribution in [2.24, 2.45) is 0 Å². The zero-order chi connectivity index (χ0) is 22.6. The molecule has 1 aliphatic heterocycles. The van der Waals surface area contributed by atoms with Crippen molar-refractivity contribution in [2.75, 3.05) is 26.3 Å². The lowest BCUT2D eigenvalue weighted by atomic mass is 10.0. The molecule has 32 heavy (non-hydrogen) atoms. The quantitative estimate of drug-likeness (QED) is 0.593. The van der Waals surface area contributed by atoms with Crippen LogP contribution in [-0.2, 0) is 15.7 Å². The van der Waals surface area contributed by atoms with Crippen molar-refractivity contribution < 1.29 is 27.4 Å². The first-order valence-corrected chi connectivity index (χ1v) is 9.97. The number of para-hydroxylation sites is 1. The molecule has 1 atom stereocenters. The number of aromatic nitrogens is 2. The number of alkyl halides is 3. The molecule has 2 heterocycles. The minimum atomic E-state index is -4.47. The van der Waals surface area contributed by atoms with Crippen molar-refractivity contribution >= 4 is 5.91 Å². The summed E-state index contributed by atoms with van der Waals surface area (Å²) < 4.78 is 50.8. The first-order valence-electron chi connectivity index (χ1n) is 9.97. The van der Waals surface area contributed by atoms with Gasteiger partial charge in [-0.15, -0.1) is 0 Å². The number of hydrogen-bond acceptors (Lipinski definition) is 5. The molecule has 2 aromatic carbocycles. The van der Waals surface area contributed by atoms with Crippen molar-refractivity contribution in [1.82, 2.24) is 14.9 Å². The number of halogens is 3. The number of hydrogen-bond donors (Lipinski definition) is 0. The van der Waals surface area contributed by atoms with E-state index >= 15 is 0 Å². The van der Waals surface area contributed by atoms with Crippen LogP contribution in [0.4, 0.5) is 13.2 Å². The van der Waals surface area contributed by atoms with E-state index in [1.165, 1.54) is 18.5 Å². The Morgan fingerprint density at radius 2 is 1.88 bits per heavy atom. The van der Waals surface area contributed by atoms with Crippen LogP contribution in [0.1, 0.15) is 17.4 Å². The summed E-state index contributed by atoms with van der Waals surface area (Å²) in [4.78, 5) is 22.8. The summed E-state index contributed by atoms with van der Waals surface area (Å²) in [5, 5.41) is 0. The van der Waals surface area contributed by atoms with Crippen LogP contribution in [0.5, 0.6) is 5.75 Å². The molecule has 1 aromatic heterocycles. The first-order chi connectivity index (χ1) is 15.4. The highest BCUT2D eigenvalue weighted by atomic mass is 19.4. The maximum atomic E-state index is 13.2. The van der Waals surface area contributed by atoms with Gasteiger partial charge >= 0.3 is 6.18 Å². The molecule has 0 N–H and O–H groups in total. The molecule has 6 nitrogen and oxygen atoms in total. The van der Waals surface area contributed by atoms with E-state index in [1.54, 1.807) is 23.1 Å². The Morgan fingerprint density at radius 3 is 2.66 bits per heavy atom. The second-order valence-corrected chi connectivity index (χ2v) is 7.17. The highest BCUT2D eigenvalue weighted by molar-refractivity contribution is 5.78. The molecule has 0 spiro atoms. The van der Waals surface area contributed by atoms with Gasteiger partial charge in [-0.05, 0) is 24.3 Å². The van der Waals surface area contributed by atoms with Crippen LogP contribution in [0.2, 0.25) is 0 Å². The van der Waals surface area contributed by atoms with Crippen LogP contribution in [0.15, 0.2) is 67.0 Å². The van der Waals surface area contributed by atoms with E-state index in [1.807, 2.05) is 18.2 Å². The molecular weight excluding hydrogens is 423 g/mol. The van der Waals surface area contributed by atoms with Crippen molar-refractivity contribution in [1.29, 1.82) is 0 Å². The van der Waals surface area contributed by atoms with Crippen LogP contribution >= 0.6 is 0 Å². The van der Waals surface area contributed by atoms with Gasteiger partial charge in [0.1, 0.15) is 11.9 Å². The Balaban J connectivity index is 1.51. The van der Waals surface area contributed by atoms with Crippen LogP contribution in [0.3, 0.4) is 0 Å². The van der Waals surface area contributed by atoms with E-state index < -0.39 is 17.8 Å². The minimum absolute atomic E-state index is 0.127. The standard InChI is InChI=1S/C23H20F3N3O3/c24-23(25,26)17-6-4-5-16(13-17)21-22(28-10-9-27-21)19-14-29(11-12-31-19)20(30)15-32-18-7-2-1-3-8-18/h1-10,13,19H,11-12,14-15H2/t19-/m0/s1. The summed E-state index contributed by atoms with van der Waals surface area (Å²) >= 11 is 0. The van der Waals surface area contributed by atoms with Gasteiger partial charge < -0.3 is 14.4 Å². The average Bonchev–Trinajstić information content (AvgIpc) is 2.83. The fraction of sp³-hybridized carbons (Fsp3) is 0.261. The number of morpholine rings is 1. The third kappa shape index (κ3) is 5.05. The van der Waals surface area contributed by atoms with E-state index in [2.05, 4.69) is 9.97 Å². The Kier molecular flexibility index (Phi) is 6.36. The Labute approximate surface area is 182 Å². The van der Waals surface area contributed by atoms with Gasteiger partial charge in [0.05, 0.1) is 30.1 Å². The zero-order valence-electron chi connectivity index (χ0n) is 17.0. The maximum Gasteiger partial charge on any atom is 0.416 e. The second-order valence-electron chi connectivity index (χ2n) is 7.17. The summed E-state index contributed by atoms with van der Waals surface area (Å²) in [7, 11) is 0. The van der Waals surface area contributed by atoms with Crippen molar-refractivity contribution in [3.05, 3.63) is 78.2 Å². The molecule has 1 saturated heterocycles. The number of ether oxygens (including phenoxy) is 2. The summed E-state index contributed by atoms with van der Waals surface area (Å²) in [6, 6.07) is 13.9. The first kappa shape index (κ1) is 21.8. The van der Waals surface area contributed by atoms with E-state index in [-0.39, 0.29) is 31.2 Å². The van der Waals surface area contributed by atoms with Gasteiger partial charge in [0.2, 0.25) is 0 Å². The van der Waals surface area contributed by atoms with Crippen LogP contribution < -0.4 is 4.74 Å². The van der Waals surface area contributed by atoms with Gasteiger partial charge in [-0.25, -0.2) is 0 Å². The zero-order valence-corrected chi connectivity index (χ0v) is 17.0. The number of nitrogens with zero attached hydrogens (tertiary/aromatic N) is 3. The molecule has 0 aliphatic carbocycles. The molecule has 9 heteroatoms. The highest BCUT2D eigenvalue weighted by Crippen LogP contribution is 2.34. The Hall–Kier alpha value is -3.46. The highest BCUT2D eigenvalue weighted by Gasteiger charge is 2.32. The summed E-state index contributed by atoms with van der Waals surface area (Å²) in [5.74, 6) is 0.373. The lowest BCUT2D eigenvalue weighted by Gasteiger charge is -2.33. The average molecular weight is 443 g/mol. The number of rotatable bonds is 5. The predicted molar refractivity (Wildman–Crippen MR) is 110 cm³/mol. The Bertz CT molecular complexity index is 1080. The number of benzene rings is 2. The molecule has 1 fully saturated rings. The molecular formula is C23H20F3N3O3. The molecule has 0 unspecified atom stereocenters. The van der Waals surface area contributed by atoms with Crippen molar-refractivity contribution in [2.45, 2.75) is 12.3 Å². The molecule has 1 aliphatic rings. The molecule has 4 rings (SSSR count). The molecule has 0 saturated carbocycles. The molecule has 0 radical (unpaired) electrons. The Morgan fingerprint density at radius 1 is 1.09 bits per heavy atom. The van der Waals surface area contributed by atoms with Crippen LogP contribution in [0.25, 0.3) is 11.3 Å². The number of carbonyl (C=O) groups excluding carboxylic acids is 1. The lowest BCUT2D eigenvalue weighted by Crippen LogP contribution is -2.44. The number of amides is 1. The third-order valence-corrected chi connectivity index (χ3v) is 5.02. The monoisotopic (exact) mass is 443 g/mol. The van der Waals surface area contributed by atoms with Crippen molar-refractivity contribution in [3.8, 4) is 17.0 Å². The minimum Gasteiger partial charge on any atom is -0.484 e. The van der Waals surface area contributed by atoms with Crippen molar-refractivity contribution in [3.63, 3.8) is 0 Å². The van der Waals surface area contributed by atoms with Crippen LogP contribution in [0, 0.1) is 0 Å². The fourth-order valence-corrected chi connectivity index (χ4v) is 3.44. The van der Waals surface area contributed by atoms with Gasteiger partial charge in [-0.1, -0.05) is 30.3 Å². The van der Waals surface area contributed by atoms with Gasteiger partial charge in [-0.3, -0.25) is 14.8 Å². The summed E-state index contributed by atoms with van der Waals surface area (Å²) in [6.45, 7) is 0.715. The smallest absolute Gasteiger partial charge is 0.416 e. The SMILES string of the molecule is O=C(COc1ccccc1)N1CCO[C@H](c2nccnc2-c2cccc(C(F)(F)F)c2)C1. The molecule has 166 valence electrons. The van der Waals surface area contributed by atoms with Gasteiger partial charge in [0.15, 0.2) is 6.61 Å². The van der Waals surface area contributed by atoms with E-state index in [4.69, 9.17) is 9.47 Å². The maximum absolute atomic E-state index is 13.2. The van der Waals surface area contributed by atoms with Gasteiger partial charge in [0.25, 0.3) is 5.91 Å². The molecule has 3 aromatic rings. The predicted octanol–water partition coefficient (Wildman–Crippen LogP) is 4.14. The largest absolute Gasteiger partial charge is 0.484 e. The summed E-state index contributed by atoms with van der Waals surface area (Å²) in [5.41, 5.74) is 0.181. The topological polar surface area (TPSA) is 64.5 Å². The molecule has 1 amide bonds. The number of carbonyl (C=O) groups is 1. The van der Waals surface area contributed by atoms with Gasteiger partial charge in [0, 0.05) is 24.5 Å². The summed E-state index contributed by atoms with van der Waals surface area (Å²) in [6.07, 6.45) is -2.22. The third-order valence-electron chi connectivity index (χ3n) is 5.02. The van der Waals surface area contributed by atoms with E-state index in [9.17, 15) is 18.0 Å². The van der Waals surface area contributed by atoms with E-state index in [0.717, 1.165) is 12.1 Å². The van der Waals surface area contributed by atoms with E-state index in [0.29, 0.717) is 23.7 Å². The van der Waals surface area contributed by atoms with Crippen LogP contribution in [-0.4, -0.2) is 47.1 Å². The second kappa shape index (κ2) is 9.35. The molecule has 0 bridgehead atoms.